The highest BCUT2D eigenvalue weighted by molar-refractivity contribution is 6.71. The number of hydrogen-bond donors (Lipinski definition) is 0. The fourth-order valence-corrected chi connectivity index (χ4v) is 10.7. The standard InChI is InChI=1S/C12H26O5Si.C10H22O3Si.C9H20O5Si/c1-4-15-18(16-5-2,17-6-3)9-7-8-13-10-12-11-14-12;1-4-13-14(2,3)7-5-6-11-8-10-9-12-10;1-10-15(11-2,12-3)6-4-5-13-7-9-8-14-9/h12H,4-11H2,1-3H3;10H,4-9H2,1-3H3;9H,4-8H2,1-3H3. The summed E-state index contributed by atoms with van der Waals surface area (Å²) in [5.41, 5.74) is 0. The van der Waals surface area contributed by atoms with Crippen LogP contribution in [-0.2, 0) is 59.4 Å². The molecule has 0 amide bonds. The van der Waals surface area contributed by atoms with Crippen LogP contribution in [0.4, 0.5) is 0 Å². The lowest BCUT2D eigenvalue weighted by molar-refractivity contribution is 0.0648. The molecule has 0 aromatic rings. The molecule has 47 heavy (non-hydrogen) atoms. The van der Waals surface area contributed by atoms with E-state index in [2.05, 4.69) is 20.0 Å². The van der Waals surface area contributed by atoms with Crippen LogP contribution in [0.2, 0.25) is 31.2 Å². The van der Waals surface area contributed by atoms with E-state index in [1.54, 1.807) is 21.3 Å². The molecule has 3 fully saturated rings. The molecule has 16 heteroatoms. The minimum atomic E-state index is -2.47. The van der Waals surface area contributed by atoms with Crippen molar-refractivity contribution in [1.29, 1.82) is 0 Å². The summed E-state index contributed by atoms with van der Waals surface area (Å²) in [5.74, 6) is 0. The Morgan fingerprint density at radius 3 is 1.11 bits per heavy atom. The Hall–Kier alpha value is 0.131. The molecule has 3 aliphatic heterocycles. The molecule has 0 bridgehead atoms. The molecule has 3 aliphatic rings. The van der Waals surface area contributed by atoms with E-state index < -0.39 is 25.9 Å². The van der Waals surface area contributed by atoms with Crippen molar-refractivity contribution in [2.45, 2.75) is 96.5 Å². The second kappa shape index (κ2) is 26.9. The Labute approximate surface area is 288 Å². The van der Waals surface area contributed by atoms with Gasteiger partial charge in [0, 0.05) is 79.7 Å². The van der Waals surface area contributed by atoms with Gasteiger partial charge in [0.15, 0.2) is 8.32 Å². The number of rotatable bonds is 29. The minimum Gasteiger partial charge on any atom is -0.418 e. The van der Waals surface area contributed by atoms with Crippen LogP contribution < -0.4 is 0 Å². The Kier molecular flexibility index (Phi) is 25.8. The molecule has 3 atom stereocenters. The molecule has 3 rings (SSSR count). The fraction of sp³-hybridized carbons (Fsp3) is 1.00. The quantitative estimate of drug-likeness (QED) is 0.0607. The number of epoxide rings is 3. The first kappa shape index (κ1) is 45.2. The topological polar surface area (TPSA) is 130 Å². The Morgan fingerprint density at radius 2 is 0.809 bits per heavy atom. The third-order valence-corrected chi connectivity index (χ3v) is 15.9. The van der Waals surface area contributed by atoms with Gasteiger partial charge in [0.25, 0.3) is 0 Å². The summed E-state index contributed by atoms with van der Waals surface area (Å²) in [4.78, 5) is 0. The predicted octanol–water partition coefficient (Wildman–Crippen LogP) is 4.54. The van der Waals surface area contributed by atoms with Crippen molar-refractivity contribution in [2.75, 3.05) is 107 Å². The second-order valence-electron chi connectivity index (χ2n) is 11.9. The third-order valence-electron chi connectivity index (χ3n) is 7.29. The van der Waals surface area contributed by atoms with Crippen LogP contribution in [0.1, 0.15) is 47.0 Å². The molecule has 0 aromatic carbocycles. The average molecular weight is 733 g/mol. The maximum atomic E-state index is 5.76. The van der Waals surface area contributed by atoms with Crippen molar-refractivity contribution in [2.24, 2.45) is 0 Å². The smallest absolute Gasteiger partial charge is 0.418 e. The number of hydrogen-bond acceptors (Lipinski definition) is 13. The second-order valence-corrected chi connectivity index (χ2v) is 22.0. The zero-order valence-corrected chi connectivity index (χ0v) is 34.0. The summed E-state index contributed by atoms with van der Waals surface area (Å²) < 4.78 is 70.5. The average Bonchev–Trinajstić information content (AvgIpc) is 3.89. The fourth-order valence-electron chi connectivity index (χ4n) is 4.54. The lowest BCUT2D eigenvalue weighted by Gasteiger charge is -2.28. The molecule has 3 saturated heterocycles. The van der Waals surface area contributed by atoms with Crippen molar-refractivity contribution in [3.05, 3.63) is 0 Å². The molecule has 13 nitrogen and oxygen atoms in total. The summed E-state index contributed by atoms with van der Waals surface area (Å²) in [6.45, 7) is 22.2. The Balaban J connectivity index is 0.000000356. The summed E-state index contributed by atoms with van der Waals surface area (Å²) in [6.07, 6.45) is 3.96. The molecule has 0 aromatic heterocycles. The molecule has 3 heterocycles. The van der Waals surface area contributed by atoms with Gasteiger partial charge in [-0.1, -0.05) is 0 Å². The SMILES string of the molecule is CCO[Si](C)(C)CCCOCC1CO1.CCO[Si](CCCOCC1CO1)(OCC)OCC.CO[Si](CCCOCC1CO1)(OC)OC. The largest absolute Gasteiger partial charge is 0.501 e. The van der Waals surface area contributed by atoms with Crippen molar-refractivity contribution in [3.63, 3.8) is 0 Å². The van der Waals surface area contributed by atoms with Gasteiger partial charge >= 0.3 is 17.6 Å². The van der Waals surface area contributed by atoms with Crippen LogP contribution in [0.5, 0.6) is 0 Å². The molecular formula is C31H68O13Si3. The highest BCUT2D eigenvalue weighted by atomic mass is 28.4. The maximum Gasteiger partial charge on any atom is 0.501 e. The molecule has 0 spiro atoms. The molecule has 0 N–H and O–H groups in total. The van der Waals surface area contributed by atoms with E-state index in [9.17, 15) is 0 Å². The summed E-state index contributed by atoms with van der Waals surface area (Å²) in [6, 6.07) is 2.78. The maximum absolute atomic E-state index is 5.76. The van der Waals surface area contributed by atoms with Gasteiger partial charge in [0.2, 0.25) is 0 Å². The van der Waals surface area contributed by atoms with E-state index in [4.69, 9.17) is 59.4 Å². The van der Waals surface area contributed by atoms with Crippen molar-refractivity contribution < 1.29 is 59.4 Å². The first-order valence-electron chi connectivity index (χ1n) is 17.5. The van der Waals surface area contributed by atoms with Crippen molar-refractivity contribution in [1.82, 2.24) is 0 Å². The van der Waals surface area contributed by atoms with E-state index in [0.717, 1.165) is 71.0 Å². The van der Waals surface area contributed by atoms with E-state index >= 15 is 0 Å². The predicted molar refractivity (Wildman–Crippen MR) is 186 cm³/mol. The highest BCUT2D eigenvalue weighted by Crippen LogP contribution is 2.19. The van der Waals surface area contributed by atoms with Gasteiger partial charge < -0.3 is 59.4 Å². The van der Waals surface area contributed by atoms with Crippen LogP contribution in [-0.4, -0.2) is 151 Å². The molecule has 0 saturated carbocycles. The van der Waals surface area contributed by atoms with E-state index in [0.29, 0.717) is 64.6 Å². The summed E-state index contributed by atoms with van der Waals surface area (Å²) in [5, 5.41) is 0. The van der Waals surface area contributed by atoms with Crippen LogP contribution in [0.25, 0.3) is 0 Å². The molecule has 0 radical (unpaired) electrons. The van der Waals surface area contributed by atoms with E-state index in [1.165, 1.54) is 6.04 Å². The minimum absolute atomic E-state index is 0.331. The van der Waals surface area contributed by atoms with Gasteiger partial charge in [-0.05, 0) is 66.1 Å². The lowest BCUT2D eigenvalue weighted by Crippen LogP contribution is -2.46. The first-order valence-corrected chi connectivity index (χ1v) is 24.4. The Morgan fingerprint density at radius 1 is 0.489 bits per heavy atom. The number of ether oxygens (including phenoxy) is 6. The molecule has 0 aliphatic carbocycles. The molecular weight excluding hydrogens is 665 g/mol. The van der Waals surface area contributed by atoms with Gasteiger partial charge in [-0.25, -0.2) is 0 Å². The van der Waals surface area contributed by atoms with Crippen LogP contribution in [0.3, 0.4) is 0 Å². The monoisotopic (exact) mass is 732 g/mol. The van der Waals surface area contributed by atoms with Gasteiger partial charge in [0.05, 0.1) is 39.6 Å². The van der Waals surface area contributed by atoms with Gasteiger partial charge in [0.1, 0.15) is 18.3 Å². The Bertz CT molecular complexity index is 699. The highest BCUT2D eigenvalue weighted by Gasteiger charge is 2.40. The molecule has 282 valence electrons. The first-order chi connectivity index (χ1) is 22.7. The van der Waals surface area contributed by atoms with Crippen LogP contribution in [0.15, 0.2) is 0 Å². The van der Waals surface area contributed by atoms with Crippen molar-refractivity contribution >= 4 is 25.9 Å². The normalized spacial score (nSPS) is 20.2. The molecule has 3 unspecified atom stereocenters. The zero-order valence-electron chi connectivity index (χ0n) is 31.0. The van der Waals surface area contributed by atoms with E-state index in [1.807, 2.05) is 20.8 Å². The van der Waals surface area contributed by atoms with Crippen molar-refractivity contribution in [3.8, 4) is 0 Å². The van der Waals surface area contributed by atoms with Gasteiger partial charge in [-0.2, -0.15) is 0 Å². The van der Waals surface area contributed by atoms with Gasteiger partial charge in [-0.3, -0.25) is 0 Å². The third kappa shape index (κ3) is 24.0. The van der Waals surface area contributed by atoms with Crippen LogP contribution >= 0.6 is 0 Å². The van der Waals surface area contributed by atoms with Gasteiger partial charge in [-0.15, -0.1) is 0 Å². The summed E-state index contributed by atoms with van der Waals surface area (Å²) in [7, 11) is -1.37. The zero-order chi connectivity index (χ0) is 34.9. The van der Waals surface area contributed by atoms with E-state index in [-0.39, 0.29) is 0 Å². The summed E-state index contributed by atoms with van der Waals surface area (Å²) >= 11 is 0. The lowest BCUT2D eigenvalue weighted by atomic mass is 10.5. The van der Waals surface area contributed by atoms with Crippen LogP contribution in [0, 0.1) is 0 Å².